The normalized spacial score (nSPS) is 13.5. The second kappa shape index (κ2) is 5.11. The number of carbonyl (C=O) groups excluding carboxylic acids is 2. The Morgan fingerprint density at radius 3 is 2.64 bits per heavy atom. The Morgan fingerprint density at radius 1 is 1.23 bits per heavy atom. The van der Waals surface area contributed by atoms with Gasteiger partial charge in [-0.3, -0.25) is 14.5 Å². The van der Waals surface area contributed by atoms with Crippen LogP contribution in [0.1, 0.15) is 40.5 Å². The number of nitrogens with zero attached hydrogens (tertiary/aromatic N) is 3. The van der Waals surface area contributed by atoms with E-state index in [1.807, 2.05) is 6.92 Å². The van der Waals surface area contributed by atoms with Gasteiger partial charge in [0, 0.05) is 23.6 Å². The summed E-state index contributed by atoms with van der Waals surface area (Å²) in [7, 11) is 0. The van der Waals surface area contributed by atoms with Gasteiger partial charge >= 0.3 is 5.69 Å². The van der Waals surface area contributed by atoms with E-state index in [1.165, 1.54) is 17.0 Å². The molecule has 0 saturated carbocycles. The first-order chi connectivity index (χ1) is 10.6. The van der Waals surface area contributed by atoms with Crippen LogP contribution in [0.25, 0.3) is 15.7 Å². The molecular formula is C16H13N3O3. The van der Waals surface area contributed by atoms with Crippen LogP contribution in [0.15, 0.2) is 24.3 Å². The van der Waals surface area contributed by atoms with E-state index in [-0.39, 0.29) is 22.5 Å². The Kier molecular flexibility index (Phi) is 3.26. The van der Waals surface area contributed by atoms with Crippen LogP contribution >= 0.6 is 0 Å². The molecule has 2 aromatic carbocycles. The van der Waals surface area contributed by atoms with Gasteiger partial charge in [0.15, 0.2) is 4.98 Å². The average Bonchev–Trinajstić information content (AvgIpc) is 2.54. The smallest absolute Gasteiger partial charge is 0.378 e. The van der Waals surface area contributed by atoms with E-state index < -0.39 is 11.7 Å². The highest BCUT2D eigenvalue weighted by atomic mass is 16.3. The van der Waals surface area contributed by atoms with Gasteiger partial charge in [-0.15, -0.1) is 0 Å². The van der Waals surface area contributed by atoms with Crippen LogP contribution in [-0.4, -0.2) is 23.3 Å². The minimum Gasteiger partial charge on any atom is -0.867 e. The van der Waals surface area contributed by atoms with E-state index in [0.717, 1.165) is 6.42 Å². The van der Waals surface area contributed by atoms with Crippen molar-refractivity contribution in [1.29, 1.82) is 5.39 Å². The largest absolute Gasteiger partial charge is 0.867 e. The summed E-state index contributed by atoms with van der Waals surface area (Å²) in [5.41, 5.74) is 0.372. The highest BCUT2D eigenvalue weighted by Gasteiger charge is 2.34. The monoisotopic (exact) mass is 295 g/mol. The molecule has 2 amide bonds. The number of unbranched alkanes of at least 4 members (excludes halogenated alkanes) is 1. The summed E-state index contributed by atoms with van der Waals surface area (Å²) in [6, 6.07) is 5.98. The lowest BCUT2D eigenvalue weighted by Crippen LogP contribution is -2.40. The average molecular weight is 295 g/mol. The third kappa shape index (κ3) is 1.83. The number of diazo groups is 1. The van der Waals surface area contributed by atoms with E-state index in [1.54, 1.807) is 12.1 Å². The van der Waals surface area contributed by atoms with Crippen molar-refractivity contribution in [2.45, 2.75) is 19.8 Å². The van der Waals surface area contributed by atoms with Crippen LogP contribution in [0, 0.1) is 5.39 Å². The van der Waals surface area contributed by atoms with Gasteiger partial charge in [0.25, 0.3) is 11.8 Å². The van der Waals surface area contributed by atoms with Crippen molar-refractivity contribution in [3.8, 4) is 5.75 Å². The summed E-state index contributed by atoms with van der Waals surface area (Å²) in [6.45, 7) is 2.30. The van der Waals surface area contributed by atoms with Crippen molar-refractivity contribution in [3.05, 3.63) is 40.4 Å². The molecule has 0 saturated heterocycles. The van der Waals surface area contributed by atoms with E-state index in [0.29, 0.717) is 23.9 Å². The van der Waals surface area contributed by atoms with Crippen LogP contribution in [-0.2, 0) is 0 Å². The standard InChI is InChI=1S/C16H13N3O3/c1-2-3-7-19-15(21)10-6-4-5-9-13(10)11(16(19)22)8-12(18-17)14(9)20/h4-6,8H,2-3,7H2,1H3. The zero-order chi connectivity index (χ0) is 15.9. The molecule has 0 fully saturated rings. The summed E-state index contributed by atoms with van der Waals surface area (Å²) in [4.78, 5) is 29.2. The molecule has 0 atom stereocenters. The van der Waals surface area contributed by atoms with Crippen LogP contribution in [0.3, 0.4) is 0 Å². The van der Waals surface area contributed by atoms with Gasteiger partial charge < -0.3 is 5.11 Å². The molecule has 0 unspecified atom stereocenters. The zero-order valence-corrected chi connectivity index (χ0v) is 12.0. The molecule has 1 aliphatic heterocycles. The molecule has 0 aliphatic carbocycles. The highest BCUT2D eigenvalue weighted by molar-refractivity contribution is 6.26. The van der Waals surface area contributed by atoms with Crippen molar-refractivity contribution in [3.63, 3.8) is 0 Å². The predicted octanol–water partition coefficient (Wildman–Crippen LogP) is 2.79. The summed E-state index contributed by atoms with van der Waals surface area (Å²) >= 11 is 0. The zero-order valence-electron chi connectivity index (χ0n) is 12.0. The second-order valence-electron chi connectivity index (χ2n) is 5.22. The number of imide groups is 1. The molecule has 3 rings (SSSR count). The van der Waals surface area contributed by atoms with Gasteiger partial charge in [-0.25, -0.2) is 0 Å². The number of rotatable bonds is 3. The molecule has 2 aromatic rings. The Morgan fingerprint density at radius 2 is 1.95 bits per heavy atom. The van der Waals surface area contributed by atoms with E-state index in [2.05, 4.69) is 4.98 Å². The van der Waals surface area contributed by atoms with Crippen molar-refractivity contribution in [2.75, 3.05) is 6.54 Å². The first-order valence-corrected chi connectivity index (χ1v) is 7.08. The minimum absolute atomic E-state index is 0.196. The molecule has 0 bridgehead atoms. The maximum absolute atomic E-state index is 12.6. The number of benzene rings is 2. The lowest BCUT2D eigenvalue weighted by Gasteiger charge is -2.27. The number of amides is 2. The molecule has 1 aliphatic rings. The molecule has 6 nitrogen and oxygen atoms in total. The summed E-state index contributed by atoms with van der Waals surface area (Å²) in [5.74, 6) is -1.33. The van der Waals surface area contributed by atoms with Crippen LogP contribution in [0.2, 0.25) is 0 Å². The Hall–Kier alpha value is -2.94. The van der Waals surface area contributed by atoms with Crippen molar-refractivity contribution in [2.24, 2.45) is 0 Å². The third-order valence-corrected chi connectivity index (χ3v) is 3.89. The number of hydrogen-bond donors (Lipinski definition) is 0. The molecular weight excluding hydrogens is 282 g/mol. The lowest BCUT2D eigenvalue weighted by atomic mass is 9.92. The molecule has 0 aromatic heterocycles. The van der Waals surface area contributed by atoms with Gasteiger partial charge in [0.1, 0.15) is 0 Å². The lowest BCUT2D eigenvalue weighted by molar-refractivity contribution is -0.264. The van der Waals surface area contributed by atoms with Crippen molar-refractivity contribution in [1.82, 2.24) is 4.90 Å². The van der Waals surface area contributed by atoms with Gasteiger partial charge in [-0.1, -0.05) is 25.5 Å². The molecule has 0 spiro atoms. The second-order valence-corrected chi connectivity index (χ2v) is 5.22. The maximum atomic E-state index is 12.6. The Bertz CT molecular complexity index is 852. The quantitative estimate of drug-likeness (QED) is 0.643. The first-order valence-electron chi connectivity index (χ1n) is 7.08. The summed E-state index contributed by atoms with van der Waals surface area (Å²) < 4.78 is 0. The van der Waals surface area contributed by atoms with Gasteiger partial charge in [-0.05, 0) is 23.6 Å². The third-order valence-electron chi connectivity index (χ3n) is 3.89. The Labute approximate surface area is 126 Å². The van der Waals surface area contributed by atoms with Crippen molar-refractivity contribution >= 4 is 28.3 Å². The number of hydrogen-bond acceptors (Lipinski definition) is 4. The molecule has 110 valence electrons. The van der Waals surface area contributed by atoms with Crippen molar-refractivity contribution < 1.29 is 14.7 Å². The molecule has 1 heterocycles. The molecule has 0 radical (unpaired) electrons. The molecule has 6 heteroatoms. The van der Waals surface area contributed by atoms with Gasteiger partial charge in [-0.2, -0.15) is 0 Å². The highest BCUT2D eigenvalue weighted by Crippen LogP contribution is 2.39. The minimum atomic E-state index is -0.495. The fraction of sp³-hybridized carbons (Fsp3) is 0.250. The topological polar surface area (TPSA) is 88.6 Å². The first kappa shape index (κ1) is 14.0. The maximum Gasteiger partial charge on any atom is 0.378 e. The fourth-order valence-corrected chi connectivity index (χ4v) is 2.77. The van der Waals surface area contributed by atoms with Crippen LogP contribution in [0.5, 0.6) is 5.75 Å². The van der Waals surface area contributed by atoms with E-state index in [9.17, 15) is 14.7 Å². The van der Waals surface area contributed by atoms with Crippen LogP contribution < -0.4 is 5.11 Å². The SMILES string of the molecule is CCCCN1C(=O)c2cccc3c([O-])c([N+]#N)cc(c23)C1=O. The number of carbonyl (C=O) groups is 2. The fourth-order valence-electron chi connectivity index (χ4n) is 2.77. The van der Waals surface area contributed by atoms with Gasteiger partial charge in [0.2, 0.25) is 5.39 Å². The van der Waals surface area contributed by atoms with E-state index >= 15 is 0 Å². The summed E-state index contributed by atoms with van der Waals surface area (Å²) in [5, 5.41) is 21.7. The Balaban J connectivity index is 2.31. The van der Waals surface area contributed by atoms with E-state index in [4.69, 9.17) is 5.39 Å². The molecule has 22 heavy (non-hydrogen) atoms. The predicted molar refractivity (Wildman–Crippen MR) is 78.4 cm³/mol. The molecule has 0 N–H and O–H groups in total. The summed E-state index contributed by atoms with van der Waals surface area (Å²) in [6.07, 6.45) is 1.56. The van der Waals surface area contributed by atoms with Crippen LogP contribution in [0.4, 0.5) is 5.69 Å². The van der Waals surface area contributed by atoms with Gasteiger partial charge in [0.05, 0.1) is 5.56 Å².